The molecule has 0 atom stereocenters. The summed E-state index contributed by atoms with van der Waals surface area (Å²) in [6.45, 7) is 1.85. The molecule has 0 unspecified atom stereocenters. The van der Waals surface area contributed by atoms with Gasteiger partial charge in [0.05, 0.1) is 11.1 Å². The Balaban J connectivity index is 2.06. The third-order valence-electron chi connectivity index (χ3n) is 3.08. The summed E-state index contributed by atoms with van der Waals surface area (Å²) in [5.41, 5.74) is 8.16. The average Bonchev–Trinajstić information content (AvgIpc) is 2.45. The van der Waals surface area contributed by atoms with Crippen LogP contribution in [-0.2, 0) is 11.3 Å². The number of aromatic carboxylic acids is 1. The van der Waals surface area contributed by atoms with Gasteiger partial charge in [-0.15, -0.1) is 0 Å². The standard InChI is InChI=1S/C16H15NO4/c1-10-3-2-4-13(17)14(10)16(20)21-9-11-5-7-12(8-6-11)15(18)19/h2-8H,9,17H2,1H3,(H,18,19). The molecule has 0 saturated carbocycles. The maximum atomic E-state index is 12.0. The summed E-state index contributed by atoms with van der Waals surface area (Å²) in [5, 5.41) is 8.80. The Labute approximate surface area is 122 Å². The van der Waals surface area contributed by atoms with E-state index in [1.54, 1.807) is 37.3 Å². The molecule has 0 aromatic heterocycles. The average molecular weight is 285 g/mol. The highest BCUT2D eigenvalue weighted by Crippen LogP contribution is 2.18. The molecule has 0 aliphatic carbocycles. The predicted octanol–water partition coefficient (Wildman–Crippen LogP) is 2.63. The number of anilines is 1. The first-order valence-electron chi connectivity index (χ1n) is 6.33. The van der Waals surface area contributed by atoms with Crippen LogP contribution in [0.1, 0.15) is 31.8 Å². The van der Waals surface area contributed by atoms with E-state index >= 15 is 0 Å². The van der Waals surface area contributed by atoms with Gasteiger partial charge in [0.15, 0.2) is 0 Å². The zero-order valence-corrected chi connectivity index (χ0v) is 11.5. The second-order valence-corrected chi connectivity index (χ2v) is 4.62. The maximum absolute atomic E-state index is 12.0. The molecule has 0 aliphatic heterocycles. The predicted molar refractivity (Wildman–Crippen MR) is 78.1 cm³/mol. The van der Waals surface area contributed by atoms with E-state index < -0.39 is 11.9 Å². The SMILES string of the molecule is Cc1cccc(N)c1C(=O)OCc1ccc(C(=O)O)cc1. The van der Waals surface area contributed by atoms with Crippen LogP contribution >= 0.6 is 0 Å². The van der Waals surface area contributed by atoms with Crippen LogP contribution in [0, 0.1) is 6.92 Å². The van der Waals surface area contributed by atoms with Crippen molar-refractivity contribution in [1.82, 2.24) is 0 Å². The Morgan fingerprint density at radius 2 is 1.81 bits per heavy atom. The molecule has 0 saturated heterocycles. The van der Waals surface area contributed by atoms with Crippen molar-refractivity contribution in [2.45, 2.75) is 13.5 Å². The van der Waals surface area contributed by atoms with Crippen molar-refractivity contribution >= 4 is 17.6 Å². The van der Waals surface area contributed by atoms with Gasteiger partial charge in [0.2, 0.25) is 0 Å². The van der Waals surface area contributed by atoms with Crippen molar-refractivity contribution in [2.75, 3.05) is 5.73 Å². The first-order valence-corrected chi connectivity index (χ1v) is 6.33. The lowest BCUT2D eigenvalue weighted by Crippen LogP contribution is -2.10. The first-order chi connectivity index (χ1) is 9.99. The molecule has 0 fully saturated rings. The summed E-state index contributed by atoms with van der Waals surface area (Å²) >= 11 is 0. The molecule has 21 heavy (non-hydrogen) atoms. The van der Waals surface area contributed by atoms with Crippen LogP contribution in [0.15, 0.2) is 42.5 Å². The molecule has 5 heteroatoms. The minimum Gasteiger partial charge on any atom is -0.478 e. The fourth-order valence-electron chi connectivity index (χ4n) is 1.93. The lowest BCUT2D eigenvalue weighted by Gasteiger charge is -2.09. The van der Waals surface area contributed by atoms with Gasteiger partial charge in [0.1, 0.15) is 6.61 Å². The Hall–Kier alpha value is -2.82. The fourth-order valence-corrected chi connectivity index (χ4v) is 1.93. The highest BCUT2D eigenvalue weighted by Gasteiger charge is 2.14. The molecule has 0 heterocycles. The molecule has 0 amide bonds. The van der Waals surface area contributed by atoms with Crippen molar-refractivity contribution in [2.24, 2.45) is 0 Å². The van der Waals surface area contributed by atoms with Gasteiger partial charge in [-0.3, -0.25) is 0 Å². The number of hydrogen-bond donors (Lipinski definition) is 2. The minimum absolute atomic E-state index is 0.0620. The molecule has 2 aromatic carbocycles. The van der Waals surface area contributed by atoms with Gasteiger partial charge in [-0.2, -0.15) is 0 Å². The number of carboxylic acid groups (broad SMARTS) is 1. The van der Waals surface area contributed by atoms with E-state index in [2.05, 4.69) is 0 Å². The van der Waals surface area contributed by atoms with E-state index in [0.29, 0.717) is 16.8 Å². The van der Waals surface area contributed by atoms with Gasteiger partial charge in [-0.25, -0.2) is 9.59 Å². The molecule has 3 N–H and O–H groups in total. The molecule has 5 nitrogen and oxygen atoms in total. The smallest absolute Gasteiger partial charge is 0.340 e. The summed E-state index contributed by atoms with van der Waals surface area (Å²) in [7, 11) is 0. The Morgan fingerprint density at radius 3 is 2.38 bits per heavy atom. The van der Waals surface area contributed by atoms with Crippen molar-refractivity contribution in [1.29, 1.82) is 0 Å². The number of ether oxygens (including phenoxy) is 1. The lowest BCUT2D eigenvalue weighted by molar-refractivity contribution is 0.0472. The Bertz CT molecular complexity index is 657. The second kappa shape index (κ2) is 6.09. The number of carbonyl (C=O) groups is 2. The van der Waals surface area contributed by atoms with E-state index in [0.717, 1.165) is 5.56 Å². The number of esters is 1. The van der Waals surface area contributed by atoms with Crippen LogP contribution in [0.4, 0.5) is 5.69 Å². The van der Waals surface area contributed by atoms with Crippen LogP contribution in [0.25, 0.3) is 0 Å². The zero-order valence-electron chi connectivity index (χ0n) is 11.5. The maximum Gasteiger partial charge on any atom is 0.340 e. The quantitative estimate of drug-likeness (QED) is 0.665. The summed E-state index contributed by atoms with van der Waals surface area (Å²) < 4.78 is 5.21. The number of nitrogens with two attached hydrogens (primary N) is 1. The van der Waals surface area contributed by atoms with Crippen LogP contribution in [-0.4, -0.2) is 17.0 Å². The highest BCUT2D eigenvalue weighted by molar-refractivity contribution is 5.96. The Morgan fingerprint density at radius 1 is 1.14 bits per heavy atom. The summed E-state index contributed by atoms with van der Waals surface area (Å²) in [6.07, 6.45) is 0. The number of aryl methyl sites for hydroxylation is 1. The molecule has 0 bridgehead atoms. The minimum atomic E-state index is -0.994. The number of nitrogen functional groups attached to an aromatic ring is 1. The van der Waals surface area contributed by atoms with E-state index in [-0.39, 0.29) is 12.2 Å². The molecule has 0 radical (unpaired) electrons. The number of benzene rings is 2. The third-order valence-corrected chi connectivity index (χ3v) is 3.08. The molecular weight excluding hydrogens is 270 g/mol. The first kappa shape index (κ1) is 14.6. The van der Waals surface area contributed by atoms with E-state index in [1.165, 1.54) is 12.1 Å². The highest BCUT2D eigenvalue weighted by atomic mass is 16.5. The normalized spacial score (nSPS) is 10.1. The van der Waals surface area contributed by atoms with Gasteiger partial charge in [-0.1, -0.05) is 24.3 Å². The van der Waals surface area contributed by atoms with E-state index in [1.807, 2.05) is 0 Å². The summed E-state index contributed by atoms with van der Waals surface area (Å²) in [5.74, 6) is -1.49. The van der Waals surface area contributed by atoms with Gasteiger partial charge >= 0.3 is 11.9 Å². The molecule has 2 aromatic rings. The number of carbonyl (C=O) groups excluding carboxylic acids is 1. The van der Waals surface area contributed by atoms with Gasteiger partial charge in [0, 0.05) is 5.69 Å². The fraction of sp³-hybridized carbons (Fsp3) is 0.125. The van der Waals surface area contributed by atoms with Crippen LogP contribution in [0.3, 0.4) is 0 Å². The number of rotatable bonds is 4. The van der Waals surface area contributed by atoms with E-state index in [4.69, 9.17) is 15.6 Å². The van der Waals surface area contributed by atoms with Crippen molar-refractivity contribution < 1.29 is 19.4 Å². The summed E-state index contributed by atoms with van der Waals surface area (Å²) in [4.78, 5) is 22.8. The molecular formula is C16H15NO4. The van der Waals surface area contributed by atoms with Gasteiger partial charge < -0.3 is 15.6 Å². The van der Waals surface area contributed by atoms with Crippen LogP contribution < -0.4 is 5.73 Å². The van der Waals surface area contributed by atoms with Gasteiger partial charge in [-0.05, 0) is 36.2 Å². The molecule has 0 spiro atoms. The number of hydrogen-bond acceptors (Lipinski definition) is 4. The van der Waals surface area contributed by atoms with E-state index in [9.17, 15) is 9.59 Å². The Kier molecular flexibility index (Phi) is 4.23. The second-order valence-electron chi connectivity index (χ2n) is 4.62. The van der Waals surface area contributed by atoms with Gasteiger partial charge in [0.25, 0.3) is 0 Å². The lowest BCUT2D eigenvalue weighted by atomic mass is 10.1. The topological polar surface area (TPSA) is 89.6 Å². The van der Waals surface area contributed by atoms with Crippen LogP contribution in [0.5, 0.6) is 0 Å². The third kappa shape index (κ3) is 3.39. The van der Waals surface area contributed by atoms with Crippen LogP contribution in [0.2, 0.25) is 0 Å². The largest absolute Gasteiger partial charge is 0.478 e. The zero-order chi connectivity index (χ0) is 15.4. The molecule has 0 aliphatic rings. The molecule has 2 rings (SSSR count). The number of carboxylic acids is 1. The monoisotopic (exact) mass is 285 g/mol. The molecule has 108 valence electrons. The van der Waals surface area contributed by atoms with Crippen molar-refractivity contribution in [3.63, 3.8) is 0 Å². The van der Waals surface area contributed by atoms with Crippen molar-refractivity contribution in [3.8, 4) is 0 Å². The summed E-state index contributed by atoms with van der Waals surface area (Å²) in [6, 6.07) is 11.4. The van der Waals surface area contributed by atoms with Crippen molar-refractivity contribution in [3.05, 3.63) is 64.7 Å².